The Balaban J connectivity index is 1.53. The summed E-state index contributed by atoms with van der Waals surface area (Å²) in [7, 11) is 0. The lowest BCUT2D eigenvalue weighted by molar-refractivity contribution is -0.137. The highest BCUT2D eigenvalue weighted by Crippen LogP contribution is 2.30. The number of alkyl halides is 3. The molecule has 4 rings (SSSR count). The van der Waals surface area contributed by atoms with Crippen molar-refractivity contribution in [1.29, 1.82) is 0 Å². The minimum Gasteiger partial charge on any atom is -0.393 e. The van der Waals surface area contributed by atoms with Crippen molar-refractivity contribution in [1.82, 2.24) is 14.6 Å². The molecule has 1 fully saturated rings. The molecule has 0 bridgehead atoms. The Kier molecular flexibility index (Phi) is 4.84. The normalized spacial score (nSPS) is 20.3. The van der Waals surface area contributed by atoms with Gasteiger partial charge in [0.1, 0.15) is 5.82 Å². The van der Waals surface area contributed by atoms with Gasteiger partial charge in [-0.05, 0) is 62.1 Å². The molecule has 2 heterocycles. The predicted molar refractivity (Wildman–Crippen MR) is 99.6 cm³/mol. The van der Waals surface area contributed by atoms with E-state index in [1.165, 1.54) is 12.1 Å². The van der Waals surface area contributed by atoms with E-state index in [1.807, 2.05) is 12.1 Å². The standard InChI is InChI=1S/C19H20F3N5O/c20-19(21,22)12-7-9-13(10-8-12)24-18-25-17-6-2-5-16(27(17)26-18)23-14-3-1-4-15(28)11-14/h2,5-10,14-15,23,28H,1,3-4,11H2,(H,24,26)/t14-,15+/m1/s1. The van der Waals surface area contributed by atoms with E-state index in [-0.39, 0.29) is 18.1 Å². The van der Waals surface area contributed by atoms with Crippen LogP contribution in [0.15, 0.2) is 42.5 Å². The van der Waals surface area contributed by atoms with Crippen LogP contribution in [-0.2, 0) is 6.18 Å². The molecule has 1 aromatic carbocycles. The van der Waals surface area contributed by atoms with Crippen molar-refractivity contribution in [2.24, 2.45) is 0 Å². The Hall–Kier alpha value is -2.81. The van der Waals surface area contributed by atoms with Gasteiger partial charge < -0.3 is 15.7 Å². The van der Waals surface area contributed by atoms with Crippen molar-refractivity contribution in [2.45, 2.75) is 44.0 Å². The van der Waals surface area contributed by atoms with Crippen LogP contribution in [0, 0.1) is 0 Å². The van der Waals surface area contributed by atoms with Crippen LogP contribution in [0.1, 0.15) is 31.2 Å². The lowest BCUT2D eigenvalue weighted by atomic mass is 9.93. The molecule has 0 spiro atoms. The van der Waals surface area contributed by atoms with Gasteiger partial charge in [-0.1, -0.05) is 6.07 Å². The number of nitrogens with zero attached hydrogens (tertiary/aromatic N) is 3. The molecule has 148 valence electrons. The van der Waals surface area contributed by atoms with Gasteiger partial charge in [-0.2, -0.15) is 22.7 Å². The monoisotopic (exact) mass is 391 g/mol. The van der Waals surface area contributed by atoms with E-state index in [1.54, 1.807) is 10.6 Å². The lowest BCUT2D eigenvalue weighted by Gasteiger charge is -2.27. The van der Waals surface area contributed by atoms with Gasteiger partial charge in [0, 0.05) is 11.7 Å². The van der Waals surface area contributed by atoms with Gasteiger partial charge in [0.05, 0.1) is 11.7 Å². The van der Waals surface area contributed by atoms with Crippen LogP contribution in [-0.4, -0.2) is 31.9 Å². The predicted octanol–water partition coefficient (Wildman–Crippen LogP) is 4.21. The zero-order valence-corrected chi connectivity index (χ0v) is 14.9. The van der Waals surface area contributed by atoms with Crippen LogP contribution in [0.3, 0.4) is 0 Å². The van der Waals surface area contributed by atoms with E-state index in [2.05, 4.69) is 20.7 Å². The van der Waals surface area contributed by atoms with Crippen molar-refractivity contribution in [3.8, 4) is 0 Å². The molecule has 0 radical (unpaired) electrons. The molecule has 3 aromatic rings. The lowest BCUT2D eigenvalue weighted by Crippen LogP contribution is -2.30. The Morgan fingerprint density at radius 1 is 1.07 bits per heavy atom. The number of aromatic nitrogens is 3. The first kappa shape index (κ1) is 18.5. The zero-order chi connectivity index (χ0) is 19.7. The number of benzene rings is 1. The fraction of sp³-hybridized carbons (Fsp3) is 0.368. The van der Waals surface area contributed by atoms with Gasteiger partial charge in [-0.3, -0.25) is 0 Å². The van der Waals surface area contributed by atoms with Crippen molar-refractivity contribution in [2.75, 3.05) is 10.6 Å². The average molecular weight is 391 g/mol. The van der Waals surface area contributed by atoms with Crippen molar-refractivity contribution in [3.05, 3.63) is 48.0 Å². The summed E-state index contributed by atoms with van der Waals surface area (Å²) in [4.78, 5) is 4.38. The maximum absolute atomic E-state index is 12.7. The molecule has 1 saturated carbocycles. The summed E-state index contributed by atoms with van der Waals surface area (Å²) in [5, 5.41) is 20.6. The Morgan fingerprint density at radius 2 is 1.86 bits per heavy atom. The van der Waals surface area contributed by atoms with Gasteiger partial charge in [0.2, 0.25) is 5.95 Å². The first-order chi connectivity index (χ1) is 13.4. The number of aliphatic hydroxyl groups is 1. The number of rotatable bonds is 4. The van der Waals surface area contributed by atoms with Crippen LogP contribution in [0.4, 0.5) is 30.6 Å². The number of aliphatic hydroxyl groups excluding tert-OH is 1. The number of fused-ring (bicyclic) bond motifs is 1. The number of anilines is 3. The third-order valence-corrected chi connectivity index (χ3v) is 4.83. The summed E-state index contributed by atoms with van der Waals surface area (Å²) in [5.74, 6) is 1.04. The van der Waals surface area contributed by atoms with E-state index >= 15 is 0 Å². The molecule has 2 aromatic heterocycles. The highest BCUT2D eigenvalue weighted by Gasteiger charge is 2.30. The zero-order valence-electron chi connectivity index (χ0n) is 14.9. The molecule has 0 aliphatic heterocycles. The van der Waals surface area contributed by atoms with Crippen molar-refractivity contribution >= 4 is 23.1 Å². The van der Waals surface area contributed by atoms with E-state index in [4.69, 9.17) is 0 Å². The van der Waals surface area contributed by atoms with Crippen LogP contribution in [0.2, 0.25) is 0 Å². The molecule has 6 nitrogen and oxygen atoms in total. The molecule has 0 saturated heterocycles. The van der Waals surface area contributed by atoms with E-state index in [0.717, 1.165) is 37.2 Å². The molecular formula is C19H20F3N5O. The topological polar surface area (TPSA) is 74.5 Å². The van der Waals surface area contributed by atoms with Crippen molar-refractivity contribution < 1.29 is 18.3 Å². The number of hydrogen-bond acceptors (Lipinski definition) is 5. The van der Waals surface area contributed by atoms with Gasteiger partial charge in [0.15, 0.2) is 5.65 Å². The van der Waals surface area contributed by atoms with Crippen LogP contribution < -0.4 is 10.6 Å². The van der Waals surface area contributed by atoms with E-state index < -0.39 is 11.7 Å². The third-order valence-electron chi connectivity index (χ3n) is 4.83. The highest BCUT2D eigenvalue weighted by atomic mass is 19.4. The van der Waals surface area contributed by atoms with Crippen LogP contribution in [0.25, 0.3) is 5.65 Å². The Morgan fingerprint density at radius 3 is 2.57 bits per heavy atom. The second-order valence-corrected chi connectivity index (χ2v) is 6.98. The fourth-order valence-corrected chi connectivity index (χ4v) is 3.44. The summed E-state index contributed by atoms with van der Waals surface area (Å²) < 4.78 is 39.7. The van der Waals surface area contributed by atoms with Gasteiger partial charge in [0.25, 0.3) is 0 Å². The van der Waals surface area contributed by atoms with E-state index in [0.29, 0.717) is 17.8 Å². The second kappa shape index (κ2) is 7.31. The number of nitrogens with one attached hydrogen (secondary N) is 2. The maximum atomic E-state index is 12.7. The van der Waals surface area contributed by atoms with E-state index in [9.17, 15) is 18.3 Å². The number of hydrogen-bond donors (Lipinski definition) is 3. The average Bonchev–Trinajstić information content (AvgIpc) is 3.05. The highest BCUT2D eigenvalue weighted by molar-refractivity contribution is 5.58. The second-order valence-electron chi connectivity index (χ2n) is 6.98. The largest absolute Gasteiger partial charge is 0.416 e. The first-order valence-electron chi connectivity index (χ1n) is 9.13. The molecule has 2 atom stereocenters. The fourth-order valence-electron chi connectivity index (χ4n) is 3.44. The molecule has 1 aliphatic rings. The molecular weight excluding hydrogens is 371 g/mol. The SMILES string of the molecule is O[C@H]1CCC[C@@H](Nc2cccc3nc(Nc4ccc(C(F)(F)F)cc4)nn23)C1. The number of halogens is 3. The summed E-state index contributed by atoms with van der Waals surface area (Å²) in [5.41, 5.74) is 0.367. The molecule has 28 heavy (non-hydrogen) atoms. The van der Waals surface area contributed by atoms with Gasteiger partial charge >= 0.3 is 6.18 Å². The van der Waals surface area contributed by atoms with Crippen LogP contribution in [0.5, 0.6) is 0 Å². The van der Waals surface area contributed by atoms with Crippen molar-refractivity contribution in [3.63, 3.8) is 0 Å². The Labute approximate surface area is 159 Å². The minimum absolute atomic E-state index is 0.157. The first-order valence-corrected chi connectivity index (χ1v) is 9.13. The van der Waals surface area contributed by atoms with Gasteiger partial charge in [-0.15, -0.1) is 5.10 Å². The van der Waals surface area contributed by atoms with Crippen LogP contribution >= 0.6 is 0 Å². The summed E-state index contributed by atoms with van der Waals surface area (Å²) in [6, 6.07) is 10.4. The Bertz CT molecular complexity index is 954. The summed E-state index contributed by atoms with van der Waals surface area (Å²) >= 11 is 0. The molecule has 0 amide bonds. The maximum Gasteiger partial charge on any atom is 0.416 e. The summed E-state index contributed by atoms with van der Waals surface area (Å²) in [6.07, 6.45) is -1.22. The minimum atomic E-state index is -4.37. The molecule has 0 unspecified atom stereocenters. The summed E-state index contributed by atoms with van der Waals surface area (Å²) in [6.45, 7) is 0. The molecule has 9 heteroatoms. The molecule has 1 aliphatic carbocycles. The molecule has 3 N–H and O–H groups in total. The quantitative estimate of drug-likeness (QED) is 0.621. The van der Waals surface area contributed by atoms with Gasteiger partial charge in [-0.25, -0.2) is 0 Å². The smallest absolute Gasteiger partial charge is 0.393 e. The third kappa shape index (κ3) is 4.04. The number of pyridine rings is 1.